The van der Waals surface area contributed by atoms with E-state index in [4.69, 9.17) is 27.9 Å². The predicted molar refractivity (Wildman–Crippen MR) is 83.6 cm³/mol. The van der Waals surface area contributed by atoms with Crippen LogP contribution < -0.4 is 15.4 Å². The second-order valence-electron chi connectivity index (χ2n) is 4.47. The number of carbonyl (C=O) groups is 1. The van der Waals surface area contributed by atoms with Crippen LogP contribution in [0.3, 0.4) is 0 Å². The lowest BCUT2D eigenvalue weighted by Crippen LogP contribution is -2.37. The number of carbonyl (C=O) groups excluding carboxylic acids is 1. The van der Waals surface area contributed by atoms with E-state index in [9.17, 15) is 4.79 Å². The molecule has 1 amide bonds. The summed E-state index contributed by atoms with van der Waals surface area (Å²) in [5, 5.41) is 6.91. The van der Waals surface area contributed by atoms with Gasteiger partial charge in [0, 0.05) is 18.7 Å². The molecule has 112 valence electrons. The number of hydrogen-bond acceptors (Lipinski definition) is 3. The van der Waals surface area contributed by atoms with Gasteiger partial charge < -0.3 is 15.4 Å². The average molecular weight is 340 g/mol. The maximum atomic E-state index is 12.1. The molecule has 7 heteroatoms. The van der Waals surface area contributed by atoms with Crippen LogP contribution >= 0.6 is 35.6 Å². The Kier molecular flexibility index (Phi) is 6.89. The lowest BCUT2D eigenvalue weighted by molar-refractivity contribution is 0.0947. The van der Waals surface area contributed by atoms with E-state index in [2.05, 4.69) is 10.6 Å². The Morgan fingerprint density at radius 3 is 2.75 bits per heavy atom. The maximum absolute atomic E-state index is 12.1. The number of hydrogen-bond donors (Lipinski definition) is 2. The van der Waals surface area contributed by atoms with Crippen molar-refractivity contribution >= 4 is 41.5 Å². The van der Waals surface area contributed by atoms with Crippen LogP contribution in [-0.4, -0.2) is 32.1 Å². The number of rotatable bonds is 4. The van der Waals surface area contributed by atoms with Crippen molar-refractivity contribution in [2.24, 2.45) is 0 Å². The van der Waals surface area contributed by atoms with Crippen molar-refractivity contribution in [2.75, 3.05) is 20.2 Å². The lowest BCUT2D eigenvalue weighted by atomic mass is 10.1. The SMILES string of the molecule is COc1cc(Cl)c(Cl)cc1C(=O)NCC1CCCN1.Cl. The van der Waals surface area contributed by atoms with Crippen molar-refractivity contribution in [1.82, 2.24) is 10.6 Å². The standard InChI is InChI=1S/C13H16Cl2N2O2.ClH/c1-19-12-6-11(15)10(14)5-9(12)13(18)17-7-8-3-2-4-16-8;/h5-6,8,16H,2-4,7H2,1H3,(H,17,18);1H. The molecule has 1 aliphatic rings. The highest BCUT2D eigenvalue weighted by molar-refractivity contribution is 6.42. The van der Waals surface area contributed by atoms with Crippen LogP contribution in [0.1, 0.15) is 23.2 Å². The third-order valence-electron chi connectivity index (χ3n) is 3.16. The highest BCUT2D eigenvalue weighted by Crippen LogP contribution is 2.30. The van der Waals surface area contributed by atoms with Crippen molar-refractivity contribution in [1.29, 1.82) is 0 Å². The third kappa shape index (κ3) is 4.16. The Balaban J connectivity index is 0.00000200. The molecule has 0 saturated carbocycles. The van der Waals surface area contributed by atoms with Crippen LogP contribution in [0.4, 0.5) is 0 Å². The van der Waals surface area contributed by atoms with E-state index >= 15 is 0 Å². The summed E-state index contributed by atoms with van der Waals surface area (Å²) in [4.78, 5) is 12.1. The molecule has 1 saturated heterocycles. The first kappa shape index (κ1) is 17.4. The molecule has 0 aromatic heterocycles. The Labute approximate surface area is 134 Å². The molecule has 1 unspecified atom stereocenters. The first-order valence-corrected chi connectivity index (χ1v) is 6.92. The third-order valence-corrected chi connectivity index (χ3v) is 3.88. The molecule has 1 heterocycles. The predicted octanol–water partition coefficient (Wildman–Crippen LogP) is 2.91. The second kappa shape index (κ2) is 7.93. The van der Waals surface area contributed by atoms with Gasteiger partial charge in [0.15, 0.2) is 0 Å². The first-order chi connectivity index (χ1) is 9.11. The van der Waals surface area contributed by atoms with Gasteiger partial charge in [0.1, 0.15) is 5.75 Å². The molecule has 1 atom stereocenters. The van der Waals surface area contributed by atoms with Gasteiger partial charge in [-0.05, 0) is 25.5 Å². The van der Waals surface area contributed by atoms with Gasteiger partial charge in [-0.2, -0.15) is 0 Å². The fraction of sp³-hybridized carbons (Fsp3) is 0.462. The van der Waals surface area contributed by atoms with Gasteiger partial charge in [0.25, 0.3) is 5.91 Å². The highest BCUT2D eigenvalue weighted by atomic mass is 35.5. The molecule has 1 aliphatic heterocycles. The fourth-order valence-corrected chi connectivity index (χ4v) is 2.43. The summed E-state index contributed by atoms with van der Waals surface area (Å²) in [5.74, 6) is 0.218. The molecule has 1 aromatic carbocycles. The molecular weight excluding hydrogens is 323 g/mol. The van der Waals surface area contributed by atoms with E-state index < -0.39 is 0 Å². The van der Waals surface area contributed by atoms with E-state index in [1.165, 1.54) is 13.2 Å². The van der Waals surface area contributed by atoms with E-state index in [1.807, 2.05) is 0 Å². The molecule has 2 N–H and O–H groups in total. The van der Waals surface area contributed by atoms with Crippen molar-refractivity contribution in [2.45, 2.75) is 18.9 Å². The van der Waals surface area contributed by atoms with E-state index in [0.29, 0.717) is 33.9 Å². The Bertz CT molecular complexity index is 477. The van der Waals surface area contributed by atoms with Gasteiger partial charge in [-0.25, -0.2) is 0 Å². The molecule has 4 nitrogen and oxygen atoms in total. The van der Waals surface area contributed by atoms with Crippen LogP contribution in [0.2, 0.25) is 10.0 Å². The largest absolute Gasteiger partial charge is 0.496 e. The fourth-order valence-electron chi connectivity index (χ4n) is 2.12. The minimum atomic E-state index is -0.205. The van der Waals surface area contributed by atoms with E-state index in [1.54, 1.807) is 6.07 Å². The normalized spacial score (nSPS) is 17.4. The highest BCUT2D eigenvalue weighted by Gasteiger charge is 2.18. The summed E-state index contributed by atoms with van der Waals surface area (Å²) < 4.78 is 5.15. The van der Waals surface area contributed by atoms with Crippen molar-refractivity contribution in [3.63, 3.8) is 0 Å². The van der Waals surface area contributed by atoms with Gasteiger partial charge in [0.2, 0.25) is 0 Å². The molecular formula is C13H17Cl3N2O2. The van der Waals surface area contributed by atoms with Crippen LogP contribution in [0.25, 0.3) is 0 Å². The van der Waals surface area contributed by atoms with Crippen molar-refractivity contribution in [3.05, 3.63) is 27.7 Å². The smallest absolute Gasteiger partial charge is 0.255 e. The molecule has 0 radical (unpaired) electrons. The first-order valence-electron chi connectivity index (χ1n) is 6.16. The average Bonchev–Trinajstić information content (AvgIpc) is 2.91. The monoisotopic (exact) mass is 338 g/mol. The zero-order valence-electron chi connectivity index (χ0n) is 11.0. The van der Waals surface area contributed by atoms with Crippen LogP contribution in [-0.2, 0) is 0 Å². The van der Waals surface area contributed by atoms with E-state index in [0.717, 1.165) is 19.4 Å². The summed E-state index contributed by atoms with van der Waals surface area (Å²) >= 11 is 11.8. The molecule has 0 bridgehead atoms. The molecule has 1 fully saturated rings. The van der Waals surface area contributed by atoms with Gasteiger partial charge in [-0.3, -0.25) is 4.79 Å². The number of nitrogens with one attached hydrogen (secondary N) is 2. The molecule has 20 heavy (non-hydrogen) atoms. The molecule has 0 aliphatic carbocycles. The topological polar surface area (TPSA) is 50.4 Å². The number of benzene rings is 1. The van der Waals surface area contributed by atoms with Crippen LogP contribution in [0.5, 0.6) is 5.75 Å². The summed E-state index contributed by atoms with van der Waals surface area (Å²) in [6, 6.07) is 3.42. The molecule has 1 aromatic rings. The molecule has 0 spiro atoms. The number of methoxy groups -OCH3 is 1. The number of amides is 1. The van der Waals surface area contributed by atoms with Crippen molar-refractivity contribution < 1.29 is 9.53 Å². The summed E-state index contributed by atoms with van der Waals surface area (Å²) in [5.41, 5.74) is 0.398. The number of halogens is 3. The Hall–Kier alpha value is -0.680. The minimum absolute atomic E-state index is 0. The van der Waals surface area contributed by atoms with Crippen LogP contribution in [0, 0.1) is 0 Å². The maximum Gasteiger partial charge on any atom is 0.255 e. The Morgan fingerprint density at radius 1 is 1.45 bits per heavy atom. The van der Waals surface area contributed by atoms with E-state index in [-0.39, 0.29) is 18.3 Å². The number of ether oxygens (including phenoxy) is 1. The van der Waals surface area contributed by atoms with Gasteiger partial charge in [-0.15, -0.1) is 12.4 Å². The zero-order valence-corrected chi connectivity index (χ0v) is 13.4. The molecule has 2 rings (SSSR count). The van der Waals surface area contributed by atoms with Gasteiger partial charge in [0.05, 0.1) is 22.7 Å². The zero-order chi connectivity index (χ0) is 13.8. The second-order valence-corrected chi connectivity index (χ2v) is 5.28. The Morgan fingerprint density at radius 2 is 2.15 bits per heavy atom. The van der Waals surface area contributed by atoms with Gasteiger partial charge in [-0.1, -0.05) is 23.2 Å². The summed E-state index contributed by atoms with van der Waals surface area (Å²) in [6.07, 6.45) is 2.23. The minimum Gasteiger partial charge on any atom is -0.496 e. The van der Waals surface area contributed by atoms with Gasteiger partial charge >= 0.3 is 0 Å². The van der Waals surface area contributed by atoms with Crippen LogP contribution in [0.15, 0.2) is 12.1 Å². The quantitative estimate of drug-likeness (QED) is 0.887. The van der Waals surface area contributed by atoms with Crippen molar-refractivity contribution in [3.8, 4) is 5.75 Å². The summed E-state index contributed by atoms with van der Waals surface area (Å²) in [7, 11) is 1.49. The summed E-state index contributed by atoms with van der Waals surface area (Å²) in [6.45, 7) is 1.61. The lowest BCUT2D eigenvalue weighted by Gasteiger charge is -2.13.